The molecule has 0 bridgehead atoms. The summed E-state index contributed by atoms with van der Waals surface area (Å²) in [6, 6.07) is 4.52. The monoisotopic (exact) mass is 288 g/mol. The number of halogens is 1. The normalized spacial score (nSPS) is 12.3. The molecule has 0 heterocycles. The number of carboxylic acids is 1. The standard InChI is InChI=1S/C13H17ClO3S/c1-2-3-4-5-8-18(17)10-6-7-12(14)11(9-10)13(15)16/h6-7,9H,2-5,8H2,1H3,(H,15,16). The van der Waals surface area contributed by atoms with Crippen LogP contribution in [0, 0.1) is 0 Å². The zero-order chi connectivity index (χ0) is 13.5. The summed E-state index contributed by atoms with van der Waals surface area (Å²) in [7, 11) is -1.14. The molecule has 0 aliphatic carbocycles. The van der Waals surface area contributed by atoms with Gasteiger partial charge >= 0.3 is 5.97 Å². The molecule has 3 nitrogen and oxygen atoms in total. The van der Waals surface area contributed by atoms with Crippen LogP contribution in [0.2, 0.25) is 5.02 Å². The molecule has 18 heavy (non-hydrogen) atoms. The molecule has 1 aromatic rings. The highest BCUT2D eigenvalue weighted by molar-refractivity contribution is 7.85. The zero-order valence-electron chi connectivity index (χ0n) is 10.3. The van der Waals surface area contributed by atoms with Crippen molar-refractivity contribution < 1.29 is 14.1 Å². The van der Waals surface area contributed by atoms with Gasteiger partial charge in [0.15, 0.2) is 0 Å². The van der Waals surface area contributed by atoms with Gasteiger partial charge < -0.3 is 5.11 Å². The molecule has 1 atom stereocenters. The first-order valence-electron chi connectivity index (χ1n) is 5.97. The van der Waals surface area contributed by atoms with Gasteiger partial charge in [0.05, 0.1) is 21.4 Å². The highest BCUT2D eigenvalue weighted by atomic mass is 35.5. The van der Waals surface area contributed by atoms with Gasteiger partial charge in [-0.3, -0.25) is 4.21 Å². The van der Waals surface area contributed by atoms with Crippen LogP contribution in [0.3, 0.4) is 0 Å². The fourth-order valence-electron chi connectivity index (χ4n) is 1.59. The van der Waals surface area contributed by atoms with Gasteiger partial charge in [0.2, 0.25) is 0 Å². The van der Waals surface area contributed by atoms with Crippen LogP contribution in [0.4, 0.5) is 0 Å². The summed E-state index contributed by atoms with van der Waals surface area (Å²) >= 11 is 5.76. The van der Waals surface area contributed by atoms with E-state index in [1.54, 1.807) is 6.07 Å². The first kappa shape index (κ1) is 15.2. The van der Waals surface area contributed by atoms with Crippen molar-refractivity contribution in [3.8, 4) is 0 Å². The molecule has 1 rings (SSSR count). The number of benzene rings is 1. The molecular weight excluding hydrogens is 272 g/mol. The molecule has 0 aromatic heterocycles. The second-order valence-electron chi connectivity index (χ2n) is 4.06. The second-order valence-corrected chi connectivity index (χ2v) is 6.04. The number of carboxylic acid groups (broad SMARTS) is 1. The van der Waals surface area contributed by atoms with E-state index < -0.39 is 16.8 Å². The lowest BCUT2D eigenvalue weighted by Gasteiger charge is -2.05. The maximum atomic E-state index is 12.0. The SMILES string of the molecule is CCCCCCS(=O)c1ccc(Cl)c(C(=O)O)c1. The average molecular weight is 289 g/mol. The first-order chi connectivity index (χ1) is 8.56. The highest BCUT2D eigenvalue weighted by Gasteiger charge is 2.12. The Balaban J connectivity index is 2.68. The molecule has 100 valence electrons. The Bertz CT molecular complexity index is 446. The summed E-state index contributed by atoms with van der Waals surface area (Å²) in [4.78, 5) is 11.4. The fourth-order valence-corrected chi connectivity index (χ4v) is 2.96. The van der Waals surface area contributed by atoms with Gasteiger partial charge in [-0.25, -0.2) is 4.79 Å². The van der Waals surface area contributed by atoms with E-state index in [9.17, 15) is 9.00 Å². The Morgan fingerprint density at radius 3 is 2.67 bits per heavy atom. The Morgan fingerprint density at radius 1 is 1.33 bits per heavy atom. The minimum absolute atomic E-state index is 0.0103. The van der Waals surface area contributed by atoms with Crippen LogP contribution in [0.15, 0.2) is 23.1 Å². The third-order valence-electron chi connectivity index (χ3n) is 2.61. The van der Waals surface area contributed by atoms with Gasteiger partial charge in [-0.1, -0.05) is 37.8 Å². The Hall–Kier alpha value is -0.870. The van der Waals surface area contributed by atoms with Crippen molar-refractivity contribution in [3.05, 3.63) is 28.8 Å². The van der Waals surface area contributed by atoms with Crippen LogP contribution in [-0.4, -0.2) is 21.0 Å². The van der Waals surface area contributed by atoms with Crippen molar-refractivity contribution in [2.24, 2.45) is 0 Å². The predicted molar refractivity (Wildman–Crippen MR) is 73.8 cm³/mol. The third kappa shape index (κ3) is 4.42. The van der Waals surface area contributed by atoms with E-state index in [0.717, 1.165) is 25.7 Å². The summed E-state index contributed by atoms with van der Waals surface area (Å²) in [5.41, 5.74) is 0.0103. The van der Waals surface area contributed by atoms with E-state index in [2.05, 4.69) is 6.92 Å². The topological polar surface area (TPSA) is 54.4 Å². The first-order valence-corrected chi connectivity index (χ1v) is 7.67. The van der Waals surface area contributed by atoms with E-state index >= 15 is 0 Å². The van der Waals surface area contributed by atoms with Gasteiger partial charge in [0, 0.05) is 10.6 Å². The van der Waals surface area contributed by atoms with Crippen LogP contribution in [0.1, 0.15) is 43.0 Å². The van der Waals surface area contributed by atoms with Crippen LogP contribution in [0.25, 0.3) is 0 Å². The summed E-state index contributed by atoms with van der Waals surface area (Å²) in [5.74, 6) is -0.523. The van der Waals surface area contributed by atoms with E-state index in [-0.39, 0.29) is 10.6 Å². The number of carbonyl (C=O) groups is 1. The summed E-state index contributed by atoms with van der Waals surface area (Å²) in [6.45, 7) is 2.12. The van der Waals surface area contributed by atoms with Gasteiger partial charge in [-0.2, -0.15) is 0 Å². The Labute approximate surface area is 115 Å². The number of hydrogen-bond donors (Lipinski definition) is 1. The van der Waals surface area contributed by atoms with Crippen molar-refractivity contribution in [2.75, 3.05) is 5.75 Å². The van der Waals surface area contributed by atoms with Crippen LogP contribution in [0.5, 0.6) is 0 Å². The zero-order valence-corrected chi connectivity index (χ0v) is 11.9. The molecule has 0 aliphatic heterocycles. The molecular formula is C13H17ClO3S. The van der Waals surface area contributed by atoms with E-state index in [1.165, 1.54) is 12.1 Å². The lowest BCUT2D eigenvalue weighted by Crippen LogP contribution is -2.02. The molecule has 0 aliphatic rings. The summed E-state index contributed by atoms with van der Waals surface area (Å²) < 4.78 is 12.0. The molecule has 0 saturated carbocycles. The fraction of sp³-hybridized carbons (Fsp3) is 0.462. The number of unbranched alkanes of at least 4 members (excludes halogenated alkanes) is 3. The van der Waals surface area contributed by atoms with Crippen LogP contribution >= 0.6 is 11.6 Å². The van der Waals surface area contributed by atoms with Crippen molar-refractivity contribution in [3.63, 3.8) is 0 Å². The van der Waals surface area contributed by atoms with E-state index in [1.807, 2.05) is 0 Å². The maximum Gasteiger partial charge on any atom is 0.337 e. The lowest BCUT2D eigenvalue weighted by molar-refractivity contribution is 0.0697. The van der Waals surface area contributed by atoms with Gasteiger partial charge in [0.25, 0.3) is 0 Å². The molecule has 0 radical (unpaired) electrons. The average Bonchev–Trinajstić information content (AvgIpc) is 2.34. The summed E-state index contributed by atoms with van der Waals surface area (Å²) in [6.07, 6.45) is 4.22. The maximum absolute atomic E-state index is 12.0. The van der Waals surface area contributed by atoms with E-state index in [4.69, 9.17) is 16.7 Å². The molecule has 5 heteroatoms. The van der Waals surface area contributed by atoms with Gasteiger partial charge in [-0.15, -0.1) is 0 Å². The van der Waals surface area contributed by atoms with Crippen molar-refractivity contribution in [1.82, 2.24) is 0 Å². The minimum Gasteiger partial charge on any atom is -0.478 e. The van der Waals surface area contributed by atoms with Crippen LogP contribution < -0.4 is 0 Å². The molecule has 0 fully saturated rings. The van der Waals surface area contributed by atoms with Crippen molar-refractivity contribution in [2.45, 2.75) is 37.5 Å². The number of aromatic carboxylic acids is 1. The molecule has 1 aromatic carbocycles. The van der Waals surface area contributed by atoms with Crippen LogP contribution in [-0.2, 0) is 10.8 Å². The van der Waals surface area contributed by atoms with E-state index in [0.29, 0.717) is 10.6 Å². The quantitative estimate of drug-likeness (QED) is 0.778. The summed E-state index contributed by atoms with van der Waals surface area (Å²) in [5, 5.41) is 9.11. The molecule has 1 N–H and O–H groups in total. The molecule has 0 saturated heterocycles. The van der Waals surface area contributed by atoms with Gasteiger partial charge in [0.1, 0.15) is 0 Å². The van der Waals surface area contributed by atoms with Gasteiger partial charge in [-0.05, 0) is 24.6 Å². The third-order valence-corrected chi connectivity index (χ3v) is 4.38. The van der Waals surface area contributed by atoms with Crippen molar-refractivity contribution >= 4 is 28.4 Å². The highest BCUT2D eigenvalue weighted by Crippen LogP contribution is 2.20. The number of hydrogen-bond acceptors (Lipinski definition) is 2. The number of rotatable bonds is 7. The smallest absolute Gasteiger partial charge is 0.337 e. The van der Waals surface area contributed by atoms with Crippen molar-refractivity contribution in [1.29, 1.82) is 0 Å². The lowest BCUT2D eigenvalue weighted by atomic mass is 10.2. The molecule has 0 spiro atoms. The largest absolute Gasteiger partial charge is 0.478 e. The molecule has 1 unspecified atom stereocenters. The molecule has 0 amide bonds. The minimum atomic E-state index is -1.14. The predicted octanol–water partition coefficient (Wildman–Crippen LogP) is 3.73. The Kier molecular flexibility index (Phi) is 6.36. The second kappa shape index (κ2) is 7.54. The Morgan fingerprint density at radius 2 is 2.06 bits per heavy atom.